The summed E-state index contributed by atoms with van der Waals surface area (Å²) in [5, 5.41) is 0. The van der Waals surface area contributed by atoms with Crippen LogP contribution in [0.1, 0.15) is 12.0 Å². The van der Waals surface area contributed by atoms with Gasteiger partial charge in [0.2, 0.25) is 0 Å². The van der Waals surface area contributed by atoms with E-state index in [2.05, 4.69) is 0 Å². The van der Waals surface area contributed by atoms with Crippen LogP contribution in [0.5, 0.6) is 0 Å². The molecule has 1 aliphatic heterocycles. The third-order valence-electron chi connectivity index (χ3n) is 2.47. The van der Waals surface area contributed by atoms with Crippen LogP contribution in [0.25, 0.3) is 0 Å². The van der Waals surface area contributed by atoms with Crippen molar-refractivity contribution in [3.8, 4) is 0 Å². The Hall–Kier alpha value is 0.775. The standard InChI is InChI=1S/C9H10NO2S.Rb/c11-13(12)10-7-3-5-8-4-1-2-6-9(8)10;/h1-2,4,6H,3,5,7H2;. The molecule has 1 aromatic rings. The van der Waals surface area contributed by atoms with E-state index in [9.17, 15) is 8.42 Å². The summed E-state index contributed by atoms with van der Waals surface area (Å²) in [5.74, 6) is 0. The minimum absolute atomic E-state index is 0.364. The first-order valence-corrected chi connectivity index (χ1v) is 12.5. The molecule has 0 radical (unpaired) electrons. The van der Waals surface area contributed by atoms with Crippen molar-refractivity contribution < 1.29 is 8.42 Å². The van der Waals surface area contributed by atoms with E-state index in [0.29, 0.717) is 6.54 Å². The number of anilines is 1. The van der Waals surface area contributed by atoms with Gasteiger partial charge in [0.15, 0.2) is 0 Å². The van der Waals surface area contributed by atoms with Gasteiger partial charge < -0.3 is 0 Å². The number of aryl methyl sites for hydroxylation is 1. The molecule has 70 valence electrons. The van der Waals surface area contributed by atoms with E-state index in [1.165, 1.54) is 0 Å². The molecule has 0 spiro atoms. The average molecular weight is 282 g/mol. The molecule has 0 bridgehead atoms. The fourth-order valence-corrected chi connectivity index (χ4v) is 5.64. The van der Waals surface area contributed by atoms with E-state index in [1.54, 1.807) is 4.31 Å². The molecule has 0 aromatic heterocycles. The first-order chi connectivity index (χ1) is 6.59. The molecule has 1 aromatic carbocycles. The van der Waals surface area contributed by atoms with Crippen LogP contribution >= 0.6 is 0 Å². The van der Waals surface area contributed by atoms with Crippen molar-refractivity contribution in [3.63, 3.8) is 0 Å². The predicted molar refractivity (Wildman–Crippen MR) is 56.8 cm³/mol. The Morgan fingerprint density at radius 2 is 2.00 bits per heavy atom. The second kappa shape index (κ2) is 4.33. The molecule has 1 heterocycles. The summed E-state index contributed by atoms with van der Waals surface area (Å²) in [6, 6.07) is 7.79. The molecule has 1 aliphatic rings. The van der Waals surface area contributed by atoms with E-state index in [0.717, 1.165) is 24.1 Å². The van der Waals surface area contributed by atoms with Gasteiger partial charge in [-0.3, -0.25) is 0 Å². The quantitative estimate of drug-likeness (QED) is 0.765. The molecule has 14 heavy (non-hydrogen) atoms. The fourth-order valence-electron chi connectivity index (χ4n) is 1.84. The van der Waals surface area contributed by atoms with Gasteiger partial charge in [-0.2, -0.15) is 0 Å². The summed E-state index contributed by atoms with van der Waals surface area (Å²) < 4.78 is 21.8. The van der Waals surface area contributed by atoms with E-state index < -0.39 is 0.410 Å². The summed E-state index contributed by atoms with van der Waals surface area (Å²) in [7, 11) is 0. The third kappa shape index (κ3) is 2.30. The van der Waals surface area contributed by atoms with Crippen LogP contribution in [0, 0.1) is 0 Å². The average Bonchev–Trinajstić information content (AvgIpc) is 2.15. The zero-order valence-electron chi connectivity index (χ0n) is 8.10. The van der Waals surface area contributed by atoms with E-state index in [4.69, 9.17) is 0 Å². The first-order valence-electron chi connectivity index (χ1n) is 4.64. The van der Waals surface area contributed by atoms with E-state index >= 15 is 0 Å². The predicted octanol–water partition coefficient (Wildman–Crippen LogP) is 0.852. The summed E-state index contributed by atoms with van der Waals surface area (Å²) >= 11 is -0.364. The van der Waals surface area contributed by atoms with Gasteiger partial charge in [0.25, 0.3) is 0 Å². The molecule has 0 N–H and O–H groups in total. The molecule has 0 atom stereocenters. The Kier molecular flexibility index (Phi) is 3.49. The summed E-state index contributed by atoms with van der Waals surface area (Å²) in [6.07, 6.45) is 1.94. The van der Waals surface area contributed by atoms with Gasteiger partial charge in [-0.1, -0.05) is 0 Å². The number of hydrogen-bond acceptors (Lipinski definition) is 2. The van der Waals surface area contributed by atoms with Gasteiger partial charge in [0.05, 0.1) is 0 Å². The maximum atomic E-state index is 11.6. The number of fused-ring (bicyclic) bond motifs is 1. The van der Waals surface area contributed by atoms with Crippen LogP contribution in [0.3, 0.4) is 0 Å². The van der Waals surface area contributed by atoms with Crippen molar-refractivity contribution >= 4 is 59.2 Å². The van der Waals surface area contributed by atoms with Crippen molar-refractivity contribution in [2.24, 2.45) is 0 Å². The topological polar surface area (TPSA) is 37.4 Å². The summed E-state index contributed by atoms with van der Waals surface area (Å²) in [6.45, 7) is 0.659. The normalized spacial score (nSPS) is 16.6. The van der Waals surface area contributed by atoms with Crippen molar-refractivity contribution in [2.45, 2.75) is 12.8 Å². The van der Waals surface area contributed by atoms with Gasteiger partial charge in [0.1, 0.15) is 0 Å². The number of hydrogen-bond donors (Lipinski definition) is 0. The molecule has 0 fully saturated rings. The minimum atomic E-state index is -2.90. The van der Waals surface area contributed by atoms with Crippen LogP contribution in [0.2, 0.25) is 0 Å². The molecular weight excluding hydrogens is 272 g/mol. The monoisotopic (exact) mass is 281 g/mol. The Morgan fingerprint density at radius 1 is 1.29 bits per heavy atom. The van der Waals surface area contributed by atoms with Crippen LogP contribution in [0.4, 0.5) is 5.69 Å². The fraction of sp³-hybridized carbons (Fsp3) is 0.333. The molecule has 0 amide bonds. The van der Waals surface area contributed by atoms with Gasteiger partial charge in [-0.15, -0.1) is 0 Å². The molecule has 0 unspecified atom stereocenters. The van der Waals surface area contributed by atoms with E-state index in [1.807, 2.05) is 24.3 Å². The van der Waals surface area contributed by atoms with Crippen molar-refractivity contribution in [1.82, 2.24) is 0 Å². The zero-order valence-corrected chi connectivity index (χ0v) is 13.8. The van der Waals surface area contributed by atoms with Crippen LogP contribution in [-0.2, 0) is 6.83 Å². The summed E-state index contributed by atoms with van der Waals surface area (Å²) in [5.41, 5.74) is 2.06. The number of para-hydroxylation sites is 1. The van der Waals surface area contributed by atoms with Gasteiger partial charge in [0, 0.05) is 0 Å². The maximum absolute atomic E-state index is 11.6. The molecule has 3 nitrogen and oxygen atoms in total. The second-order valence-electron chi connectivity index (χ2n) is 3.57. The Bertz CT molecular complexity index is 444. The molecule has 2 rings (SSSR count). The molecule has 0 aliphatic carbocycles. The Morgan fingerprint density at radius 3 is 2.71 bits per heavy atom. The SMILES string of the molecule is O=[S](=O)([Rb])N1CCCc2ccccc21. The van der Waals surface area contributed by atoms with Crippen molar-refractivity contribution in [2.75, 3.05) is 10.8 Å². The first kappa shape index (κ1) is 11.3. The number of nitrogens with zero attached hydrogens (tertiary/aromatic N) is 1. The molecule has 5 heteroatoms. The zero-order chi connectivity index (χ0) is 10.2. The Labute approximate surface area is 119 Å². The number of rotatable bonds is 1. The molecular formula is C9H10NO2RbS. The van der Waals surface area contributed by atoms with Crippen molar-refractivity contribution in [1.29, 1.82) is 0 Å². The van der Waals surface area contributed by atoms with Gasteiger partial charge >= 0.3 is 121 Å². The Balaban J connectivity index is 2.51. The van der Waals surface area contributed by atoms with Crippen LogP contribution in [0.15, 0.2) is 24.3 Å². The second-order valence-corrected chi connectivity index (χ2v) is 13.1. The van der Waals surface area contributed by atoms with Crippen LogP contribution in [-0.4, -0.2) is 68.1 Å². The number of benzene rings is 1. The summed E-state index contributed by atoms with van der Waals surface area (Å²) in [4.78, 5) is 0. The van der Waals surface area contributed by atoms with E-state index in [-0.39, 0.29) is 53.1 Å². The van der Waals surface area contributed by atoms with Gasteiger partial charge in [-0.25, -0.2) is 0 Å². The molecule has 0 saturated carbocycles. The van der Waals surface area contributed by atoms with Gasteiger partial charge in [-0.05, 0) is 0 Å². The van der Waals surface area contributed by atoms with Crippen molar-refractivity contribution in [3.05, 3.63) is 29.8 Å². The molecule has 0 saturated heterocycles. The van der Waals surface area contributed by atoms with Crippen LogP contribution < -0.4 is 4.31 Å². The third-order valence-corrected chi connectivity index (χ3v) is 6.90.